The maximum Gasteiger partial charge on any atom is 0.333 e. The van der Waals surface area contributed by atoms with E-state index in [-0.39, 0.29) is 22.3 Å². The van der Waals surface area contributed by atoms with Crippen molar-refractivity contribution in [2.24, 2.45) is 19.1 Å². The number of hydrogen-bond acceptors (Lipinski definition) is 6. The fourth-order valence-corrected chi connectivity index (χ4v) is 4.75. The van der Waals surface area contributed by atoms with Crippen LogP contribution in [0, 0.1) is 19.7 Å². The molecule has 0 aliphatic rings. The van der Waals surface area contributed by atoms with Crippen LogP contribution >= 0.6 is 27.7 Å². The second kappa shape index (κ2) is 10.4. The van der Waals surface area contributed by atoms with Gasteiger partial charge in [0.05, 0.1) is 11.4 Å². The van der Waals surface area contributed by atoms with Gasteiger partial charge in [-0.2, -0.15) is 0 Å². The fraction of sp³-hybridized carbons (Fsp3) is 0.217. The van der Waals surface area contributed by atoms with Crippen LogP contribution in [0.3, 0.4) is 0 Å². The number of nitrogens with zero attached hydrogens (tertiary/aromatic N) is 3. The summed E-state index contributed by atoms with van der Waals surface area (Å²) in [6, 6.07) is 8.95. The van der Waals surface area contributed by atoms with Gasteiger partial charge in [0, 0.05) is 24.3 Å². The van der Waals surface area contributed by atoms with Gasteiger partial charge in [0.25, 0.3) is 5.56 Å². The Morgan fingerprint density at radius 1 is 1.12 bits per heavy atom. The van der Waals surface area contributed by atoms with Gasteiger partial charge in [0.1, 0.15) is 16.4 Å². The standard InChI is InChI=1S/C23H22BrFN4O4S/c1-12-9-14(24)10-13(2)19(12)27-17(30)11-34-20(26-16-7-5-15(25)6-8-16)18-21(31)28(3)23(33)29(4)22(18)32/h5-10,31H,11H2,1-4H3,(H,27,30). The van der Waals surface area contributed by atoms with E-state index < -0.39 is 22.9 Å². The second-order valence-corrected chi connectivity index (χ2v) is 9.43. The van der Waals surface area contributed by atoms with Crippen LogP contribution in [0.4, 0.5) is 15.8 Å². The summed E-state index contributed by atoms with van der Waals surface area (Å²) >= 11 is 4.33. The van der Waals surface area contributed by atoms with Gasteiger partial charge in [0.2, 0.25) is 11.8 Å². The van der Waals surface area contributed by atoms with Crippen LogP contribution in [0.5, 0.6) is 5.88 Å². The third kappa shape index (κ3) is 5.48. The first-order chi connectivity index (χ1) is 16.0. The molecule has 8 nitrogen and oxygen atoms in total. The topological polar surface area (TPSA) is 106 Å². The molecule has 0 aliphatic carbocycles. The van der Waals surface area contributed by atoms with Crippen molar-refractivity contribution in [2.75, 3.05) is 11.1 Å². The molecule has 0 bridgehead atoms. The summed E-state index contributed by atoms with van der Waals surface area (Å²) in [5.41, 5.74) is 1.00. The average Bonchev–Trinajstić information content (AvgIpc) is 2.78. The van der Waals surface area contributed by atoms with Crippen LogP contribution in [0.25, 0.3) is 0 Å². The van der Waals surface area contributed by atoms with Gasteiger partial charge in [-0.1, -0.05) is 27.7 Å². The van der Waals surface area contributed by atoms with Crippen molar-refractivity contribution in [3.05, 3.63) is 84.2 Å². The largest absolute Gasteiger partial charge is 0.494 e. The first-order valence-electron chi connectivity index (χ1n) is 10.0. The first kappa shape index (κ1) is 25.4. The molecule has 3 rings (SSSR count). The lowest BCUT2D eigenvalue weighted by atomic mass is 10.1. The molecule has 0 spiro atoms. The van der Waals surface area contributed by atoms with E-state index in [0.717, 1.165) is 36.5 Å². The molecule has 0 atom stereocenters. The minimum atomic E-state index is -0.769. The predicted octanol–water partition coefficient (Wildman–Crippen LogP) is 3.76. The van der Waals surface area contributed by atoms with Crippen molar-refractivity contribution in [1.82, 2.24) is 9.13 Å². The molecule has 2 N–H and O–H groups in total. The molecule has 2 aromatic carbocycles. The number of aliphatic imine (C=N–C) groups is 1. The minimum absolute atomic E-state index is 0.0136. The Balaban J connectivity index is 1.99. The molecule has 0 saturated carbocycles. The number of benzene rings is 2. The van der Waals surface area contributed by atoms with Crippen molar-refractivity contribution in [2.45, 2.75) is 13.8 Å². The molecule has 34 heavy (non-hydrogen) atoms. The first-order valence-corrected chi connectivity index (χ1v) is 11.8. The lowest BCUT2D eigenvalue weighted by Crippen LogP contribution is -2.39. The number of rotatable bonds is 5. The van der Waals surface area contributed by atoms with Crippen molar-refractivity contribution in [3.63, 3.8) is 0 Å². The predicted molar refractivity (Wildman–Crippen MR) is 136 cm³/mol. The Kier molecular flexibility index (Phi) is 7.78. The van der Waals surface area contributed by atoms with Crippen LogP contribution in [0.1, 0.15) is 16.7 Å². The molecule has 0 saturated heterocycles. The summed E-state index contributed by atoms with van der Waals surface area (Å²) < 4.78 is 16.0. The van der Waals surface area contributed by atoms with E-state index in [1.807, 2.05) is 26.0 Å². The second-order valence-electron chi connectivity index (χ2n) is 7.55. The number of aromatic nitrogens is 2. The molecule has 1 heterocycles. The minimum Gasteiger partial charge on any atom is -0.494 e. The third-order valence-corrected chi connectivity index (χ3v) is 6.44. The van der Waals surface area contributed by atoms with E-state index >= 15 is 0 Å². The van der Waals surface area contributed by atoms with Crippen molar-refractivity contribution >= 4 is 50.0 Å². The molecule has 1 aromatic heterocycles. The molecule has 0 aliphatic heterocycles. The van der Waals surface area contributed by atoms with Gasteiger partial charge < -0.3 is 10.4 Å². The maximum atomic E-state index is 13.3. The summed E-state index contributed by atoms with van der Waals surface area (Å²) in [5, 5.41) is 13.4. The molecular weight excluding hydrogens is 527 g/mol. The highest BCUT2D eigenvalue weighted by atomic mass is 79.9. The summed E-state index contributed by atoms with van der Waals surface area (Å²) in [5.74, 6) is -1.54. The Bertz CT molecular complexity index is 1390. The average molecular weight is 549 g/mol. The molecule has 1 amide bonds. The van der Waals surface area contributed by atoms with E-state index in [2.05, 4.69) is 26.2 Å². The number of hydrogen-bond donors (Lipinski definition) is 2. The number of carbonyl (C=O) groups is 1. The Labute approximate surface area is 207 Å². The Morgan fingerprint density at radius 3 is 2.29 bits per heavy atom. The molecule has 3 aromatic rings. The SMILES string of the molecule is Cc1cc(Br)cc(C)c1NC(=O)CSC(=Nc1ccc(F)cc1)c1c(O)n(C)c(=O)n(C)c1=O. The molecule has 11 heteroatoms. The number of thioether (sulfide) groups is 1. The monoisotopic (exact) mass is 548 g/mol. The highest BCUT2D eigenvalue weighted by molar-refractivity contribution is 9.10. The van der Waals surface area contributed by atoms with Gasteiger partial charge in [0.15, 0.2) is 0 Å². The van der Waals surface area contributed by atoms with E-state index in [0.29, 0.717) is 11.4 Å². The molecule has 0 radical (unpaired) electrons. The van der Waals surface area contributed by atoms with Crippen LogP contribution in [0.15, 0.2) is 55.5 Å². The maximum absolute atomic E-state index is 13.3. The van der Waals surface area contributed by atoms with Crippen LogP contribution in [-0.4, -0.2) is 30.9 Å². The van der Waals surface area contributed by atoms with Crippen LogP contribution < -0.4 is 16.6 Å². The summed E-state index contributed by atoms with van der Waals surface area (Å²) in [6.07, 6.45) is 0. The van der Waals surface area contributed by atoms with Gasteiger partial charge in [-0.3, -0.25) is 18.7 Å². The van der Waals surface area contributed by atoms with Crippen molar-refractivity contribution in [3.8, 4) is 5.88 Å². The smallest absolute Gasteiger partial charge is 0.333 e. The number of aryl methyl sites for hydroxylation is 2. The normalized spacial score (nSPS) is 11.5. The van der Waals surface area contributed by atoms with Gasteiger partial charge in [-0.05, 0) is 61.4 Å². The Hall–Kier alpha value is -3.18. The van der Waals surface area contributed by atoms with Crippen molar-refractivity contribution < 1.29 is 14.3 Å². The van der Waals surface area contributed by atoms with Crippen LogP contribution in [-0.2, 0) is 18.9 Å². The molecule has 178 valence electrons. The third-order valence-electron chi connectivity index (χ3n) is 5.01. The van der Waals surface area contributed by atoms with Gasteiger partial charge in [-0.25, -0.2) is 14.2 Å². The number of nitrogens with one attached hydrogen (secondary N) is 1. The van der Waals surface area contributed by atoms with E-state index in [1.165, 1.54) is 38.4 Å². The van der Waals surface area contributed by atoms with E-state index in [4.69, 9.17) is 0 Å². The van der Waals surface area contributed by atoms with Gasteiger partial charge in [-0.15, -0.1) is 0 Å². The lowest BCUT2D eigenvalue weighted by Gasteiger charge is -2.14. The quantitative estimate of drug-likeness (QED) is 0.373. The number of carbonyl (C=O) groups excluding carboxylic acids is 1. The molecule has 0 fully saturated rings. The summed E-state index contributed by atoms with van der Waals surface area (Å²) in [7, 11) is 2.59. The Morgan fingerprint density at radius 2 is 1.71 bits per heavy atom. The van der Waals surface area contributed by atoms with E-state index in [9.17, 15) is 23.9 Å². The van der Waals surface area contributed by atoms with E-state index in [1.54, 1.807) is 0 Å². The summed E-state index contributed by atoms with van der Waals surface area (Å²) in [6.45, 7) is 3.74. The van der Waals surface area contributed by atoms with Crippen LogP contribution in [0.2, 0.25) is 0 Å². The number of anilines is 1. The molecular formula is C23H22BrFN4O4S. The highest BCUT2D eigenvalue weighted by Gasteiger charge is 2.22. The zero-order valence-electron chi connectivity index (χ0n) is 18.8. The number of amides is 1. The highest BCUT2D eigenvalue weighted by Crippen LogP contribution is 2.26. The zero-order chi connectivity index (χ0) is 25.2. The number of halogens is 2. The fourth-order valence-electron chi connectivity index (χ4n) is 3.23. The molecule has 0 unspecified atom stereocenters. The summed E-state index contributed by atoms with van der Waals surface area (Å²) in [4.78, 5) is 42.1. The van der Waals surface area contributed by atoms with Gasteiger partial charge >= 0.3 is 5.69 Å². The zero-order valence-corrected chi connectivity index (χ0v) is 21.3. The number of aromatic hydroxyl groups is 1. The lowest BCUT2D eigenvalue weighted by molar-refractivity contribution is -0.113. The van der Waals surface area contributed by atoms with Crippen molar-refractivity contribution in [1.29, 1.82) is 0 Å².